The van der Waals surface area contributed by atoms with Crippen LogP contribution in [0.3, 0.4) is 0 Å². The average molecular weight is 239 g/mol. The summed E-state index contributed by atoms with van der Waals surface area (Å²) in [6.45, 7) is 8.97. The van der Waals surface area contributed by atoms with Gasteiger partial charge in [0.1, 0.15) is 5.01 Å². The second-order valence-corrected chi connectivity index (χ2v) is 5.43. The summed E-state index contributed by atoms with van der Waals surface area (Å²) in [6, 6.07) is 0. The third kappa shape index (κ3) is 2.29. The Labute approximate surface area is 102 Å². The zero-order chi connectivity index (χ0) is 11.4. The molecule has 0 amide bonds. The molecular formula is C12H21N3S. The molecule has 2 heterocycles. The van der Waals surface area contributed by atoms with E-state index in [0.717, 1.165) is 26.2 Å². The van der Waals surface area contributed by atoms with Crippen LogP contribution >= 0.6 is 11.3 Å². The Morgan fingerprint density at radius 2 is 2.31 bits per heavy atom. The minimum absolute atomic E-state index is 0.337. The van der Waals surface area contributed by atoms with Gasteiger partial charge in [0.2, 0.25) is 0 Å². The Bertz CT molecular complexity index is 306. The summed E-state index contributed by atoms with van der Waals surface area (Å²) in [5, 5.41) is 6.84. The Morgan fingerprint density at radius 3 is 2.94 bits per heavy atom. The van der Waals surface area contributed by atoms with Crippen LogP contribution in [0.15, 0.2) is 11.6 Å². The zero-order valence-corrected chi connectivity index (χ0v) is 11.0. The summed E-state index contributed by atoms with van der Waals surface area (Å²) in [7, 11) is 0. The van der Waals surface area contributed by atoms with E-state index in [4.69, 9.17) is 0 Å². The number of piperazine rings is 1. The van der Waals surface area contributed by atoms with Gasteiger partial charge in [-0.2, -0.15) is 0 Å². The highest BCUT2D eigenvalue weighted by atomic mass is 32.1. The summed E-state index contributed by atoms with van der Waals surface area (Å²) in [4.78, 5) is 7.01. The predicted molar refractivity (Wildman–Crippen MR) is 68.7 cm³/mol. The predicted octanol–water partition coefficient (Wildman–Crippen LogP) is 2.11. The highest BCUT2D eigenvalue weighted by molar-refractivity contribution is 7.09. The van der Waals surface area contributed by atoms with Gasteiger partial charge >= 0.3 is 0 Å². The Kier molecular flexibility index (Phi) is 3.95. The molecule has 0 spiro atoms. The van der Waals surface area contributed by atoms with Crippen LogP contribution in [-0.4, -0.2) is 35.1 Å². The molecule has 1 aromatic rings. The SMILES string of the molecule is CCC1(CC)CNCCN1Cc1nccs1. The van der Waals surface area contributed by atoms with Crippen LogP contribution in [0.25, 0.3) is 0 Å². The van der Waals surface area contributed by atoms with Gasteiger partial charge in [-0.05, 0) is 12.8 Å². The largest absolute Gasteiger partial charge is 0.314 e. The number of thiazole rings is 1. The molecule has 1 aliphatic heterocycles. The number of hydrogen-bond acceptors (Lipinski definition) is 4. The minimum Gasteiger partial charge on any atom is -0.314 e. The van der Waals surface area contributed by atoms with Crippen LogP contribution in [0.1, 0.15) is 31.7 Å². The van der Waals surface area contributed by atoms with Gasteiger partial charge < -0.3 is 5.32 Å². The molecule has 90 valence electrons. The van der Waals surface area contributed by atoms with Gasteiger partial charge in [-0.15, -0.1) is 11.3 Å². The van der Waals surface area contributed by atoms with Crippen molar-refractivity contribution in [1.29, 1.82) is 0 Å². The van der Waals surface area contributed by atoms with Crippen LogP contribution in [0.4, 0.5) is 0 Å². The van der Waals surface area contributed by atoms with Crippen LogP contribution in [0.5, 0.6) is 0 Å². The molecule has 4 heteroatoms. The molecule has 3 nitrogen and oxygen atoms in total. The molecule has 2 rings (SSSR count). The molecule has 0 saturated carbocycles. The maximum Gasteiger partial charge on any atom is 0.107 e. The third-order valence-corrected chi connectivity index (χ3v) is 4.57. The van der Waals surface area contributed by atoms with Crippen molar-refractivity contribution in [3.8, 4) is 0 Å². The van der Waals surface area contributed by atoms with Gasteiger partial charge in [-0.25, -0.2) is 4.98 Å². The van der Waals surface area contributed by atoms with Crippen LogP contribution in [0, 0.1) is 0 Å². The minimum atomic E-state index is 0.337. The lowest BCUT2D eigenvalue weighted by molar-refractivity contribution is 0.0447. The average Bonchev–Trinajstić information content (AvgIpc) is 2.83. The van der Waals surface area contributed by atoms with Crippen molar-refractivity contribution in [2.24, 2.45) is 0 Å². The second-order valence-electron chi connectivity index (χ2n) is 4.46. The molecule has 0 unspecified atom stereocenters. The van der Waals surface area contributed by atoms with E-state index in [9.17, 15) is 0 Å². The van der Waals surface area contributed by atoms with E-state index in [1.54, 1.807) is 11.3 Å². The molecule has 0 aliphatic carbocycles. The lowest BCUT2D eigenvalue weighted by Gasteiger charge is -2.46. The summed E-state index contributed by atoms with van der Waals surface area (Å²) >= 11 is 1.77. The lowest BCUT2D eigenvalue weighted by Crippen LogP contribution is -2.60. The fraction of sp³-hybridized carbons (Fsp3) is 0.750. The highest BCUT2D eigenvalue weighted by Gasteiger charge is 2.35. The Balaban J connectivity index is 2.10. The molecule has 0 radical (unpaired) electrons. The number of hydrogen-bond donors (Lipinski definition) is 1. The standard InChI is InChI=1S/C12H21N3S/c1-3-12(4-2)10-13-5-7-15(12)9-11-14-6-8-16-11/h6,8,13H,3-5,7,9-10H2,1-2H3. The van der Waals surface area contributed by atoms with E-state index in [0.29, 0.717) is 5.54 Å². The number of aromatic nitrogens is 1. The number of nitrogens with one attached hydrogen (secondary N) is 1. The first kappa shape index (κ1) is 12.0. The molecule has 16 heavy (non-hydrogen) atoms. The summed E-state index contributed by atoms with van der Waals surface area (Å²) in [5.41, 5.74) is 0.337. The lowest BCUT2D eigenvalue weighted by atomic mass is 9.88. The van der Waals surface area contributed by atoms with E-state index >= 15 is 0 Å². The fourth-order valence-corrected chi connectivity index (χ4v) is 3.20. The third-order valence-electron chi connectivity index (χ3n) is 3.81. The first-order valence-corrected chi connectivity index (χ1v) is 7.03. The quantitative estimate of drug-likeness (QED) is 0.872. The van der Waals surface area contributed by atoms with Gasteiger partial charge in [-0.3, -0.25) is 4.90 Å². The van der Waals surface area contributed by atoms with E-state index in [-0.39, 0.29) is 0 Å². The van der Waals surface area contributed by atoms with Crippen molar-refractivity contribution >= 4 is 11.3 Å². The normalized spacial score (nSPS) is 21.1. The molecular weight excluding hydrogens is 218 g/mol. The van der Waals surface area contributed by atoms with Crippen molar-refractivity contribution in [2.75, 3.05) is 19.6 Å². The van der Waals surface area contributed by atoms with Crippen LogP contribution < -0.4 is 5.32 Å². The van der Waals surface area contributed by atoms with E-state index < -0.39 is 0 Å². The van der Waals surface area contributed by atoms with Crippen molar-refractivity contribution in [1.82, 2.24) is 15.2 Å². The molecule has 1 fully saturated rings. The molecule has 0 atom stereocenters. The second kappa shape index (κ2) is 5.25. The van der Waals surface area contributed by atoms with Gasteiger partial charge in [0.25, 0.3) is 0 Å². The van der Waals surface area contributed by atoms with Crippen molar-refractivity contribution in [2.45, 2.75) is 38.8 Å². The van der Waals surface area contributed by atoms with Crippen molar-refractivity contribution < 1.29 is 0 Å². The first-order valence-electron chi connectivity index (χ1n) is 6.15. The van der Waals surface area contributed by atoms with Gasteiger partial charge in [0.15, 0.2) is 0 Å². The Hall–Kier alpha value is -0.450. The van der Waals surface area contributed by atoms with E-state index in [1.165, 1.54) is 17.8 Å². The molecule has 1 aromatic heterocycles. The first-order chi connectivity index (χ1) is 7.80. The van der Waals surface area contributed by atoms with E-state index in [2.05, 4.69) is 34.4 Å². The molecule has 1 saturated heterocycles. The van der Waals surface area contributed by atoms with Gasteiger partial charge in [0, 0.05) is 36.8 Å². The van der Waals surface area contributed by atoms with Crippen molar-refractivity contribution in [3.05, 3.63) is 16.6 Å². The van der Waals surface area contributed by atoms with Crippen LogP contribution in [0.2, 0.25) is 0 Å². The fourth-order valence-electron chi connectivity index (χ4n) is 2.57. The Morgan fingerprint density at radius 1 is 1.50 bits per heavy atom. The molecule has 0 aromatic carbocycles. The van der Waals surface area contributed by atoms with Crippen LogP contribution in [-0.2, 0) is 6.54 Å². The monoisotopic (exact) mass is 239 g/mol. The molecule has 0 bridgehead atoms. The summed E-state index contributed by atoms with van der Waals surface area (Å²) in [5.74, 6) is 0. The number of nitrogens with zero attached hydrogens (tertiary/aromatic N) is 2. The van der Waals surface area contributed by atoms with Gasteiger partial charge in [0.05, 0.1) is 6.54 Å². The summed E-state index contributed by atoms with van der Waals surface area (Å²) in [6.07, 6.45) is 4.32. The van der Waals surface area contributed by atoms with Gasteiger partial charge in [-0.1, -0.05) is 13.8 Å². The topological polar surface area (TPSA) is 28.2 Å². The molecule has 1 N–H and O–H groups in total. The maximum absolute atomic E-state index is 4.40. The molecule has 1 aliphatic rings. The van der Waals surface area contributed by atoms with Crippen molar-refractivity contribution in [3.63, 3.8) is 0 Å². The summed E-state index contributed by atoms with van der Waals surface area (Å²) < 4.78 is 0. The smallest absolute Gasteiger partial charge is 0.107 e. The maximum atomic E-state index is 4.40. The number of rotatable bonds is 4. The highest BCUT2D eigenvalue weighted by Crippen LogP contribution is 2.27. The zero-order valence-electron chi connectivity index (χ0n) is 10.2. The van der Waals surface area contributed by atoms with E-state index in [1.807, 2.05) is 6.20 Å².